The summed E-state index contributed by atoms with van der Waals surface area (Å²) < 4.78 is 9.88. The fourth-order valence-electron chi connectivity index (χ4n) is 2.25. The first-order chi connectivity index (χ1) is 9.29. The van der Waals surface area contributed by atoms with Crippen molar-refractivity contribution in [3.63, 3.8) is 0 Å². The zero-order valence-electron chi connectivity index (χ0n) is 10.5. The van der Waals surface area contributed by atoms with Gasteiger partial charge in [-0.1, -0.05) is 18.2 Å². The average Bonchev–Trinajstić information content (AvgIpc) is 3.06. The second-order valence-corrected chi connectivity index (χ2v) is 4.29. The number of hydrogen-bond donors (Lipinski definition) is 1. The van der Waals surface area contributed by atoms with Gasteiger partial charge in [-0.15, -0.1) is 0 Å². The lowest BCUT2D eigenvalue weighted by molar-refractivity contribution is -0.139. The van der Waals surface area contributed by atoms with Crippen LogP contribution in [0.25, 0.3) is 22.2 Å². The number of methoxy groups -OCH3 is 1. The molecule has 1 N–H and O–H groups in total. The Bertz CT molecular complexity index is 710. The number of rotatable bonds is 3. The van der Waals surface area contributed by atoms with Crippen molar-refractivity contribution in [1.82, 2.24) is 4.98 Å². The number of carbonyl (C=O) groups excluding carboxylic acids is 1. The van der Waals surface area contributed by atoms with Gasteiger partial charge in [0.25, 0.3) is 0 Å². The number of furan rings is 1. The Morgan fingerprint density at radius 1 is 1.32 bits per heavy atom. The van der Waals surface area contributed by atoms with Gasteiger partial charge in [0.15, 0.2) is 0 Å². The molecule has 0 aliphatic carbocycles. The highest BCUT2D eigenvalue weighted by Crippen LogP contribution is 2.31. The van der Waals surface area contributed by atoms with E-state index < -0.39 is 0 Å². The SMILES string of the molecule is COC(=O)Cc1c(-c2ccoc2)[nH]c2ccccc12. The van der Waals surface area contributed by atoms with Crippen molar-refractivity contribution < 1.29 is 13.9 Å². The van der Waals surface area contributed by atoms with Gasteiger partial charge >= 0.3 is 5.97 Å². The van der Waals surface area contributed by atoms with Crippen LogP contribution < -0.4 is 0 Å². The smallest absolute Gasteiger partial charge is 0.310 e. The van der Waals surface area contributed by atoms with Gasteiger partial charge in [-0.2, -0.15) is 0 Å². The second-order valence-electron chi connectivity index (χ2n) is 4.29. The first kappa shape index (κ1) is 11.6. The summed E-state index contributed by atoms with van der Waals surface area (Å²) >= 11 is 0. The van der Waals surface area contributed by atoms with Crippen LogP contribution in [0.5, 0.6) is 0 Å². The Morgan fingerprint density at radius 2 is 2.16 bits per heavy atom. The van der Waals surface area contributed by atoms with Crippen LogP contribution in [0.4, 0.5) is 0 Å². The van der Waals surface area contributed by atoms with Crippen molar-refractivity contribution in [1.29, 1.82) is 0 Å². The van der Waals surface area contributed by atoms with Gasteiger partial charge in [0.05, 0.1) is 31.8 Å². The molecule has 4 nitrogen and oxygen atoms in total. The normalized spacial score (nSPS) is 10.8. The van der Waals surface area contributed by atoms with Crippen LogP contribution in [-0.2, 0) is 16.0 Å². The van der Waals surface area contributed by atoms with E-state index in [4.69, 9.17) is 9.15 Å². The number of H-pyrrole nitrogens is 1. The molecule has 0 unspecified atom stereocenters. The third-order valence-electron chi connectivity index (χ3n) is 3.17. The predicted molar refractivity (Wildman–Crippen MR) is 71.7 cm³/mol. The van der Waals surface area contributed by atoms with Crippen molar-refractivity contribution >= 4 is 16.9 Å². The van der Waals surface area contributed by atoms with Crippen LogP contribution in [0.3, 0.4) is 0 Å². The molecule has 2 heterocycles. The molecule has 0 saturated carbocycles. The van der Waals surface area contributed by atoms with Gasteiger partial charge < -0.3 is 14.1 Å². The number of para-hydroxylation sites is 1. The van der Waals surface area contributed by atoms with Crippen molar-refractivity contribution in [2.45, 2.75) is 6.42 Å². The number of ether oxygens (including phenoxy) is 1. The molecule has 0 saturated heterocycles. The molecule has 3 rings (SSSR count). The highest BCUT2D eigenvalue weighted by atomic mass is 16.5. The Kier molecular flexibility index (Phi) is 2.83. The Hall–Kier alpha value is -2.49. The van der Waals surface area contributed by atoms with E-state index in [1.807, 2.05) is 30.3 Å². The molecule has 0 amide bonds. The Morgan fingerprint density at radius 3 is 2.89 bits per heavy atom. The summed E-state index contributed by atoms with van der Waals surface area (Å²) in [5.41, 5.74) is 3.76. The number of nitrogens with one attached hydrogen (secondary N) is 1. The number of benzene rings is 1. The molecular weight excluding hydrogens is 242 g/mol. The van der Waals surface area contributed by atoms with Crippen LogP contribution in [0.15, 0.2) is 47.3 Å². The summed E-state index contributed by atoms with van der Waals surface area (Å²) in [7, 11) is 1.40. The monoisotopic (exact) mass is 255 g/mol. The minimum absolute atomic E-state index is 0.237. The average molecular weight is 255 g/mol. The van der Waals surface area contributed by atoms with Crippen LogP contribution >= 0.6 is 0 Å². The maximum atomic E-state index is 11.6. The third kappa shape index (κ3) is 2.01. The van der Waals surface area contributed by atoms with E-state index in [0.717, 1.165) is 27.7 Å². The molecule has 0 fully saturated rings. The molecule has 4 heteroatoms. The van der Waals surface area contributed by atoms with E-state index in [0.29, 0.717) is 0 Å². The summed E-state index contributed by atoms with van der Waals surface area (Å²) in [6.45, 7) is 0. The molecule has 19 heavy (non-hydrogen) atoms. The molecule has 0 radical (unpaired) electrons. The first-order valence-corrected chi connectivity index (χ1v) is 5.98. The second kappa shape index (κ2) is 4.65. The van der Waals surface area contributed by atoms with Gasteiger partial charge in [-0.25, -0.2) is 0 Å². The minimum Gasteiger partial charge on any atom is -0.472 e. The van der Waals surface area contributed by atoms with Gasteiger partial charge in [0.2, 0.25) is 0 Å². The summed E-state index contributed by atoms with van der Waals surface area (Å²) in [6.07, 6.45) is 3.51. The van der Waals surface area contributed by atoms with Crippen molar-refractivity contribution in [2.75, 3.05) is 7.11 Å². The standard InChI is InChI=1S/C15H13NO3/c1-18-14(17)8-12-11-4-2-3-5-13(11)16-15(12)10-6-7-19-9-10/h2-7,9,16H,8H2,1H3. The predicted octanol–water partition coefficient (Wildman–Crippen LogP) is 3.14. The fourth-order valence-corrected chi connectivity index (χ4v) is 2.25. The van der Waals surface area contributed by atoms with E-state index in [-0.39, 0.29) is 12.4 Å². The van der Waals surface area contributed by atoms with Crippen LogP contribution in [0, 0.1) is 0 Å². The van der Waals surface area contributed by atoms with Gasteiger partial charge in [-0.05, 0) is 17.7 Å². The van der Waals surface area contributed by atoms with E-state index in [9.17, 15) is 4.79 Å². The molecule has 0 aliphatic rings. The fraction of sp³-hybridized carbons (Fsp3) is 0.133. The lowest BCUT2D eigenvalue weighted by Crippen LogP contribution is -2.04. The largest absolute Gasteiger partial charge is 0.472 e. The quantitative estimate of drug-likeness (QED) is 0.731. The van der Waals surface area contributed by atoms with Crippen molar-refractivity contribution in [2.24, 2.45) is 0 Å². The summed E-state index contributed by atoms with van der Waals surface area (Å²) in [4.78, 5) is 14.9. The first-order valence-electron chi connectivity index (χ1n) is 5.98. The summed E-state index contributed by atoms with van der Waals surface area (Å²) in [5.74, 6) is -0.255. The van der Waals surface area contributed by atoms with Gasteiger partial charge in [-0.3, -0.25) is 4.79 Å². The van der Waals surface area contributed by atoms with E-state index in [2.05, 4.69) is 4.98 Å². The van der Waals surface area contributed by atoms with E-state index in [1.54, 1.807) is 12.5 Å². The number of aromatic nitrogens is 1. The molecule has 2 aromatic heterocycles. The number of aromatic amines is 1. The zero-order chi connectivity index (χ0) is 13.2. The lowest BCUT2D eigenvalue weighted by Gasteiger charge is -2.01. The number of esters is 1. The lowest BCUT2D eigenvalue weighted by atomic mass is 10.0. The maximum Gasteiger partial charge on any atom is 0.310 e. The zero-order valence-corrected chi connectivity index (χ0v) is 10.5. The molecule has 96 valence electrons. The topological polar surface area (TPSA) is 55.2 Å². The number of hydrogen-bond acceptors (Lipinski definition) is 3. The Balaban J connectivity index is 2.19. The molecular formula is C15H13NO3. The highest BCUT2D eigenvalue weighted by molar-refractivity contribution is 5.94. The molecule has 0 bridgehead atoms. The molecule has 0 atom stereocenters. The molecule has 0 aliphatic heterocycles. The van der Waals surface area contributed by atoms with Gasteiger partial charge in [0, 0.05) is 16.5 Å². The molecule has 3 aromatic rings. The summed E-state index contributed by atoms with van der Waals surface area (Å²) in [5, 5.41) is 1.03. The minimum atomic E-state index is -0.255. The van der Waals surface area contributed by atoms with Crippen molar-refractivity contribution in [3.8, 4) is 11.3 Å². The highest BCUT2D eigenvalue weighted by Gasteiger charge is 2.16. The third-order valence-corrected chi connectivity index (χ3v) is 3.17. The van der Waals surface area contributed by atoms with Crippen molar-refractivity contribution in [3.05, 3.63) is 48.4 Å². The van der Waals surface area contributed by atoms with E-state index in [1.165, 1.54) is 7.11 Å². The summed E-state index contributed by atoms with van der Waals surface area (Å²) in [6, 6.07) is 9.76. The maximum absolute atomic E-state index is 11.6. The number of fused-ring (bicyclic) bond motifs is 1. The molecule has 1 aromatic carbocycles. The van der Waals surface area contributed by atoms with Crippen LogP contribution in [-0.4, -0.2) is 18.1 Å². The number of carbonyl (C=O) groups is 1. The molecule has 0 spiro atoms. The van der Waals surface area contributed by atoms with Crippen LogP contribution in [0.1, 0.15) is 5.56 Å². The van der Waals surface area contributed by atoms with E-state index >= 15 is 0 Å². The van der Waals surface area contributed by atoms with Crippen LogP contribution in [0.2, 0.25) is 0 Å². The van der Waals surface area contributed by atoms with Gasteiger partial charge in [0.1, 0.15) is 0 Å². The Labute approximate surface area is 110 Å².